The molecule has 4 rings (SSSR count). The second kappa shape index (κ2) is 8.58. The van der Waals surface area contributed by atoms with Gasteiger partial charge in [0.1, 0.15) is 5.69 Å². The zero-order valence-corrected chi connectivity index (χ0v) is 19.3. The highest BCUT2D eigenvalue weighted by Gasteiger charge is 2.32. The standard InChI is InChI=1S/C21H22F3N7OS/c1-11(2)31-6-5-13-9-25-15(8-16(13)31)18-27-20(33-29-18)28-19-17(30(4)12(3)32)7-14(10-26-19)21(22,23)24/h7-11H,5-6H2,1-4H3,(H,26,27,28,29). The molecule has 0 fully saturated rings. The summed E-state index contributed by atoms with van der Waals surface area (Å²) in [4.78, 5) is 28.0. The summed E-state index contributed by atoms with van der Waals surface area (Å²) < 4.78 is 43.8. The molecule has 174 valence electrons. The highest BCUT2D eigenvalue weighted by Crippen LogP contribution is 2.36. The monoisotopic (exact) mass is 477 g/mol. The van der Waals surface area contributed by atoms with Gasteiger partial charge in [0.2, 0.25) is 11.0 Å². The van der Waals surface area contributed by atoms with Crippen molar-refractivity contribution in [1.82, 2.24) is 19.3 Å². The third-order valence-corrected chi connectivity index (χ3v) is 6.06. The fraction of sp³-hybridized carbons (Fsp3) is 0.381. The molecule has 1 aliphatic rings. The topological polar surface area (TPSA) is 87.1 Å². The Morgan fingerprint density at radius 2 is 2.00 bits per heavy atom. The summed E-state index contributed by atoms with van der Waals surface area (Å²) in [5.74, 6) is 0.0276. The number of hydrogen-bond donors (Lipinski definition) is 1. The van der Waals surface area contributed by atoms with Crippen molar-refractivity contribution in [1.29, 1.82) is 0 Å². The molecule has 1 N–H and O–H groups in total. The van der Waals surface area contributed by atoms with E-state index in [1.165, 1.54) is 19.5 Å². The third-order valence-electron chi connectivity index (χ3n) is 5.43. The van der Waals surface area contributed by atoms with Gasteiger partial charge >= 0.3 is 6.18 Å². The molecule has 0 radical (unpaired) electrons. The molecule has 0 spiro atoms. The smallest absolute Gasteiger partial charge is 0.368 e. The number of nitrogens with one attached hydrogen (secondary N) is 1. The summed E-state index contributed by atoms with van der Waals surface area (Å²) in [6, 6.07) is 3.19. The quantitative estimate of drug-likeness (QED) is 0.579. The van der Waals surface area contributed by atoms with Gasteiger partial charge in [-0.2, -0.15) is 22.5 Å². The van der Waals surface area contributed by atoms with Crippen molar-refractivity contribution in [3.63, 3.8) is 0 Å². The molecule has 0 saturated carbocycles. The average Bonchev–Trinajstić information content (AvgIpc) is 3.39. The first kappa shape index (κ1) is 22.9. The van der Waals surface area contributed by atoms with Crippen LogP contribution in [-0.4, -0.2) is 44.9 Å². The number of rotatable bonds is 5. The first-order chi connectivity index (χ1) is 15.5. The molecule has 1 aliphatic heterocycles. The van der Waals surface area contributed by atoms with Crippen LogP contribution in [0.15, 0.2) is 24.5 Å². The van der Waals surface area contributed by atoms with Gasteiger partial charge in [-0.3, -0.25) is 9.78 Å². The number of fused-ring (bicyclic) bond motifs is 1. The van der Waals surface area contributed by atoms with Gasteiger partial charge < -0.3 is 15.1 Å². The minimum absolute atomic E-state index is 0.0164. The Labute approximate surface area is 192 Å². The molecule has 12 heteroatoms. The number of nitrogens with zero attached hydrogens (tertiary/aromatic N) is 6. The molecule has 3 aromatic rings. The molecule has 33 heavy (non-hydrogen) atoms. The van der Waals surface area contributed by atoms with Crippen molar-refractivity contribution >= 4 is 39.8 Å². The van der Waals surface area contributed by atoms with E-state index in [-0.39, 0.29) is 11.5 Å². The van der Waals surface area contributed by atoms with Crippen LogP contribution in [-0.2, 0) is 17.4 Å². The van der Waals surface area contributed by atoms with E-state index in [2.05, 4.69) is 43.4 Å². The van der Waals surface area contributed by atoms with Gasteiger partial charge in [0, 0.05) is 56.2 Å². The van der Waals surface area contributed by atoms with Crippen LogP contribution in [0.2, 0.25) is 0 Å². The Hall–Kier alpha value is -3.28. The number of alkyl halides is 3. The average molecular weight is 478 g/mol. The van der Waals surface area contributed by atoms with Crippen molar-refractivity contribution in [3.8, 4) is 11.5 Å². The summed E-state index contributed by atoms with van der Waals surface area (Å²) in [5.41, 5.74) is 1.91. The predicted octanol–water partition coefficient (Wildman–Crippen LogP) is 4.51. The van der Waals surface area contributed by atoms with E-state index in [0.29, 0.717) is 28.9 Å². The molecule has 8 nitrogen and oxygen atoms in total. The number of pyridine rings is 2. The lowest BCUT2D eigenvalue weighted by atomic mass is 10.2. The maximum absolute atomic E-state index is 13.2. The first-order valence-corrected chi connectivity index (χ1v) is 11.0. The van der Waals surface area contributed by atoms with Gasteiger partial charge in [0.15, 0.2) is 11.6 Å². The SMILES string of the molecule is CC(=O)N(C)c1cc(C(F)(F)F)cnc1Nc1nc(-c2cc3c(cn2)CCN3C(C)C)ns1. The first-order valence-electron chi connectivity index (χ1n) is 10.2. The molecule has 0 unspecified atom stereocenters. The van der Waals surface area contributed by atoms with Crippen molar-refractivity contribution in [2.45, 2.75) is 39.4 Å². The van der Waals surface area contributed by atoms with Crippen LogP contribution in [0.1, 0.15) is 31.9 Å². The van der Waals surface area contributed by atoms with E-state index in [4.69, 9.17) is 0 Å². The van der Waals surface area contributed by atoms with Crippen LogP contribution in [0.5, 0.6) is 0 Å². The van der Waals surface area contributed by atoms with Crippen LogP contribution in [0.3, 0.4) is 0 Å². The van der Waals surface area contributed by atoms with Crippen molar-refractivity contribution in [2.75, 3.05) is 28.7 Å². The number of aromatic nitrogens is 4. The molecule has 3 aromatic heterocycles. The summed E-state index contributed by atoms with van der Waals surface area (Å²) >= 11 is 1.03. The van der Waals surface area contributed by atoms with Gasteiger partial charge in [-0.15, -0.1) is 0 Å². The Bertz CT molecular complexity index is 1190. The van der Waals surface area contributed by atoms with Crippen molar-refractivity contribution in [2.24, 2.45) is 0 Å². The molecule has 0 bridgehead atoms. The second-order valence-corrected chi connectivity index (χ2v) is 8.70. The van der Waals surface area contributed by atoms with E-state index in [9.17, 15) is 18.0 Å². The summed E-state index contributed by atoms with van der Waals surface area (Å²) in [6.45, 7) is 6.45. The van der Waals surface area contributed by atoms with Gasteiger partial charge in [0.25, 0.3) is 0 Å². The van der Waals surface area contributed by atoms with Crippen LogP contribution in [0.25, 0.3) is 11.5 Å². The van der Waals surface area contributed by atoms with Crippen LogP contribution < -0.4 is 15.1 Å². The van der Waals surface area contributed by atoms with Crippen molar-refractivity contribution in [3.05, 3.63) is 35.7 Å². The number of anilines is 4. The van der Waals surface area contributed by atoms with E-state index >= 15 is 0 Å². The molecule has 1 amide bonds. The summed E-state index contributed by atoms with van der Waals surface area (Å²) in [6.07, 6.45) is -1.11. The zero-order chi connectivity index (χ0) is 23.9. The Morgan fingerprint density at radius 3 is 2.67 bits per heavy atom. The maximum Gasteiger partial charge on any atom is 0.417 e. The van der Waals surface area contributed by atoms with Gasteiger partial charge in [0.05, 0.1) is 11.3 Å². The van der Waals surface area contributed by atoms with Crippen LogP contribution >= 0.6 is 11.5 Å². The maximum atomic E-state index is 13.2. The summed E-state index contributed by atoms with van der Waals surface area (Å²) in [7, 11) is 1.38. The predicted molar refractivity (Wildman–Crippen MR) is 121 cm³/mol. The van der Waals surface area contributed by atoms with E-state index in [1.54, 1.807) is 0 Å². The highest BCUT2D eigenvalue weighted by molar-refractivity contribution is 7.09. The fourth-order valence-corrected chi connectivity index (χ4v) is 4.14. The fourth-order valence-electron chi connectivity index (χ4n) is 3.56. The normalized spacial score (nSPS) is 13.4. The van der Waals surface area contributed by atoms with Gasteiger partial charge in [-0.25, -0.2) is 4.98 Å². The number of carbonyl (C=O) groups is 1. The highest BCUT2D eigenvalue weighted by atomic mass is 32.1. The summed E-state index contributed by atoms with van der Waals surface area (Å²) in [5, 5.41) is 3.21. The minimum Gasteiger partial charge on any atom is -0.368 e. The van der Waals surface area contributed by atoms with Crippen molar-refractivity contribution < 1.29 is 18.0 Å². The minimum atomic E-state index is -4.59. The van der Waals surface area contributed by atoms with Gasteiger partial charge in [-0.1, -0.05) is 0 Å². The van der Waals surface area contributed by atoms with E-state index in [1.807, 2.05) is 12.3 Å². The molecule has 0 aliphatic carbocycles. The van der Waals surface area contributed by atoms with E-state index < -0.39 is 17.6 Å². The third kappa shape index (κ3) is 4.61. The molecule has 0 aromatic carbocycles. The molecule has 4 heterocycles. The number of halogens is 3. The molecular formula is C21H22F3N7OS. The van der Waals surface area contributed by atoms with Crippen LogP contribution in [0, 0.1) is 0 Å². The largest absolute Gasteiger partial charge is 0.417 e. The molecule has 0 atom stereocenters. The van der Waals surface area contributed by atoms with Gasteiger partial charge in [-0.05, 0) is 38.0 Å². The lowest BCUT2D eigenvalue weighted by molar-refractivity contribution is -0.137. The Kier molecular flexibility index (Phi) is 5.95. The molecule has 0 saturated heterocycles. The Balaban J connectivity index is 1.63. The van der Waals surface area contributed by atoms with E-state index in [0.717, 1.165) is 41.2 Å². The number of hydrogen-bond acceptors (Lipinski definition) is 8. The van der Waals surface area contributed by atoms with Crippen LogP contribution in [0.4, 0.5) is 35.5 Å². The number of amides is 1. The Morgan fingerprint density at radius 1 is 1.24 bits per heavy atom. The lowest BCUT2D eigenvalue weighted by Gasteiger charge is -2.23. The molecular weight excluding hydrogens is 455 g/mol. The number of carbonyl (C=O) groups excluding carboxylic acids is 1. The zero-order valence-electron chi connectivity index (χ0n) is 18.4. The lowest BCUT2D eigenvalue weighted by Crippen LogP contribution is -2.28. The second-order valence-electron chi connectivity index (χ2n) is 7.95.